The first-order valence-corrected chi connectivity index (χ1v) is 8.11. The van der Waals surface area contributed by atoms with Crippen LogP contribution in [0.25, 0.3) is 0 Å². The van der Waals surface area contributed by atoms with Crippen LogP contribution in [0.3, 0.4) is 0 Å². The molecule has 0 radical (unpaired) electrons. The van der Waals surface area contributed by atoms with E-state index in [0.717, 1.165) is 44.9 Å². The van der Waals surface area contributed by atoms with E-state index in [1.54, 1.807) is 0 Å². The average molecular weight is 276 g/mol. The molecule has 0 aromatic carbocycles. The fourth-order valence-corrected chi connectivity index (χ4v) is 4.15. The molecule has 4 nitrogen and oxygen atoms in total. The van der Waals surface area contributed by atoms with Crippen molar-refractivity contribution in [3.63, 3.8) is 0 Å². The van der Waals surface area contributed by atoms with Gasteiger partial charge in [-0.25, -0.2) is 0 Å². The van der Waals surface area contributed by atoms with Crippen LogP contribution in [-0.2, 0) is 9.53 Å². The summed E-state index contributed by atoms with van der Waals surface area (Å²) in [6.45, 7) is 1.30. The standard InChI is InChI=1S/C16H24N2O2/c17-12-16(8-4-1-5-9-16)15(19)18-10-11-20-14-7-3-2-6-13(14)18/h13-14H,1-11H2. The second-order valence-corrected chi connectivity index (χ2v) is 6.51. The van der Waals surface area contributed by atoms with Crippen LogP contribution in [-0.4, -0.2) is 36.1 Å². The van der Waals surface area contributed by atoms with Crippen molar-refractivity contribution in [1.82, 2.24) is 4.90 Å². The number of rotatable bonds is 1. The Morgan fingerprint density at radius 1 is 1.15 bits per heavy atom. The van der Waals surface area contributed by atoms with Gasteiger partial charge in [0, 0.05) is 6.54 Å². The van der Waals surface area contributed by atoms with Crippen LogP contribution in [0, 0.1) is 16.7 Å². The summed E-state index contributed by atoms with van der Waals surface area (Å²) in [5.74, 6) is 0.0971. The van der Waals surface area contributed by atoms with Crippen LogP contribution >= 0.6 is 0 Å². The van der Waals surface area contributed by atoms with Gasteiger partial charge in [0.2, 0.25) is 5.91 Å². The normalized spacial score (nSPS) is 33.0. The van der Waals surface area contributed by atoms with Crippen molar-refractivity contribution in [3.05, 3.63) is 0 Å². The van der Waals surface area contributed by atoms with Gasteiger partial charge in [-0.15, -0.1) is 0 Å². The van der Waals surface area contributed by atoms with Crippen molar-refractivity contribution in [1.29, 1.82) is 5.26 Å². The lowest BCUT2D eigenvalue weighted by atomic mass is 9.73. The first-order chi connectivity index (χ1) is 9.77. The molecule has 2 atom stereocenters. The molecule has 1 aliphatic heterocycles. The van der Waals surface area contributed by atoms with Crippen LogP contribution < -0.4 is 0 Å². The topological polar surface area (TPSA) is 53.3 Å². The van der Waals surface area contributed by atoms with Crippen molar-refractivity contribution in [3.8, 4) is 6.07 Å². The minimum atomic E-state index is -0.739. The Balaban J connectivity index is 1.79. The van der Waals surface area contributed by atoms with Gasteiger partial charge in [-0.05, 0) is 25.7 Å². The highest BCUT2D eigenvalue weighted by Gasteiger charge is 2.46. The maximum Gasteiger partial charge on any atom is 0.243 e. The van der Waals surface area contributed by atoms with Gasteiger partial charge in [0.25, 0.3) is 0 Å². The molecule has 2 saturated carbocycles. The van der Waals surface area contributed by atoms with Crippen LogP contribution in [0.5, 0.6) is 0 Å². The number of morpholine rings is 1. The number of hydrogen-bond acceptors (Lipinski definition) is 3. The molecular weight excluding hydrogens is 252 g/mol. The second-order valence-electron chi connectivity index (χ2n) is 6.51. The summed E-state index contributed by atoms with van der Waals surface area (Å²) in [6.07, 6.45) is 9.36. The highest BCUT2D eigenvalue weighted by molar-refractivity contribution is 5.86. The predicted molar refractivity (Wildman–Crippen MR) is 74.8 cm³/mol. The van der Waals surface area contributed by atoms with E-state index < -0.39 is 5.41 Å². The molecule has 0 spiro atoms. The van der Waals surface area contributed by atoms with E-state index in [1.165, 1.54) is 12.8 Å². The first-order valence-electron chi connectivity index (χ1n) is 8.11. The fraction of sp³-hybridized carbons (Fsp3) is 0.875. The molecule has 1 saturated heterocycles. The summed E-state index contributed by atoms with van der Waals surface area (Å²) in [6, 6.07) is 2.60. The Hall–Kier alpha value is -1.08. The van der Waals surface area contributed by atoms with Gasteiger partial charge >= 0.3 is 0 Å². The number of carbonyl (C=O) groups excluding carboxylic acids is 1. The van der Waals surface area contributed by atoms with E-state index in [2.05, 4.69) is 6.07 Å². The van der Waals surface area contributed by atoms with E-state index in [4.69, 9.17) is 4.74 Å². The molecule has 110 valence electrons. The molecule has 0 aromatic rings. The number of nitriles is 1. The molecule has 0 N–H and O–H groups in total. The second kappa shape index (κ2) is 5.73. The molecule has 3 aliphatic rings. The van der Waals surface area contributed by atoms with Crippen LogP contribution in [0.2, 0.25) is 0 Å². The number of ether oxygens (including phenoxy) is 1. The van der Waals surface area contributed by atoms with Crippen molar-refractivity contribution in [2.24, 2.45) is 5.41 Å². The van der Waals surface area contributed by atoms with Gasteiger partial charge in [-0.2, -0.15) is 5.26 Å². The Morgan fingerprint density at radius 2 is 1.90 bits per heavy atom. The molecule has 20 heavy (non-hydrogen) atoms. The van der Waals surface area contributed by atoms with Crippen molar-refractivity contribution in [2.75, 3.05) is 13.2 Å². The summed E-state index contributed by atoms with van der Waals surface area (Å²) in [4.78, 5) is 15.0. The number of amides is 1. The van der Waals surface area contributed by atoms with E-state index in [1.807, 2.05) is 4.90 Å². The van der Waals surface area contributed by atoms with Gasteiger partial charge in [-0.1, -0.05) is 32.1 Å². The lowest BCUT2D eigenvalue weighted by molar-refractivity contribution is -0.158. The van der Waals surface area contributed by atoms with E-state index in [9.17, 15) is 10.1 Å². The number of nitrogens with zero attached hydrogens (tertiary/aromatic N) is 2. The zero-order chi connectivity index (χ0) is 14.0. The largest absolute Gasteiger partial charge is 0.374 e. The van der Waals surface area contributed by atoms with E-state index >= 15 is 0 Å². The third-order valence-corrected chi connectivity index (χ3v) is 5.32. The van der Waals surface area contributed by atoms with Crippen LogP contribution in [0.1, 0.15) is 57.8 Å². The van der Waals surface area contributed by atoms with Crippen molar-refractivity contribution >= 4 is 5.91 Å². The zero-order valence-electron chi connectivity index (χ0n) is 12.1. The van der Waals surface area contributed by atoms with E-state index in [-0.39, 0.29) is 18.1 Å². The molecule has 0 bridgehead atoms. The Morgan fingerprint density at radius 3 is 2.65 bits per heavy atom. The lowest BCUT2D eigenvalue weighted by Gasteiger charge is -2.46. The summed E-state index contributed by atoms with van der Waals surface area (Å²) < 4.78 is 5.84. The number of fused-ring (bicyclic) bond motifs is 1. The summed E-state index contributed by atoms with van der Waals surface area (Å²) >= 11 is 0. The minimum Gasteiger partial charge on any atom is -0.374 e. The van der Waals surface area contributed by atoms with Gasteiger partial charge in [-0.3, -0.25) is 4.79 Å². The lowest BCUT2D eigenvalue weighted by Crippen LogP contribution is -2.58. The van der Waals surface area contributed by atoms with Gasteiger partial charge in [0.1, 0.15) is 5.41 Å². The smallest absolute Gasteiger partial charge is 0.243 e. The molecule has 3 fully saturated rings. The number of hydrogen-bond donors (Lipinski definition) is 0. The third kappa shape index (κ3) is 2.33. The van der Waals surface area contributed by atoms with Crippen LogP contribution in [0.15, 0.2) is 0 Å². The molecule has 3 rings (SSSR count). The highest BCUT2D eigenvalue weighted by atomic mass is 16.5. The number of carbonyl (C=O) groups is 1. The monoisotopic (exact) mass is 276 g/mol. The van der Waals surface area contributed by atoms with Gasteiger partial charge in [0.15, 0.2) is 0 Å². The Kier molecular flexibility index (Phi) is 3.98. The molecule has 0 aromatic heterocycles. The SMILES string of the molecule is N#CC1(C(=O)N2CCOC3CCCCC32)CCCCC1. The van der Waals surface area contributed by atoms with Crippen LogP contribution in [0.4, 0.5) is 0 Å². The maximum atomic E-state index is 13.0. The maximum absolute atomic E-state index is 13.0. The van der Waals surface area contributed by atoms with Gasteiger partial charge in [0.05, 0.1) is 24.8 Å². The fourth-order valence-electron chi connectivity index (χ4n) is 4.15. The zero-order valence-corrected chi connectivity index (χ0v) is 12.1. The summed E-state index contributed by atoms with van der Waals surface area (Å²) in [7, 11) is 0. The molecule has 1 amide bonds. The Labute approximate surface area is 121 Å². The first kappa shape index (κ1) is 13.9. The predicted octanol–water partition coefficient (Wildman–Crippen LogP) is 2.63. The van der Waals surface area contributed by atoms with Crippen molar-refractivity contribution in [2.45, 2.75) is 69.9 Å². The Bertz CT molecular complexity index is 407. The molecular formula is C16H24N2O2. The minimum absolute atomic E-state index is 0.0971. The van der Waals surface area contributed by atoms with E-state index in [0.29, 0.717) is 13.2 Å². The third-order valence-electron chi connectivity index (χ3n) is 5.32. The molecule has 4 heteroatoms. The molecule has 2 aliphatic carbocycles. The molecule has 1 heterocycles. The summed E-state index contributed by atoms with van der Waals surface area (Å²) in [5, 5.41) is 9.61. The molecule has 2 unspecified atom stereocenters. The van der Waals surface area contributed by atoms with Crippen molar-refractivity contribution < 1.29 is 9.53 Å². The summed E-state index contributed by atoms with van der Waals surface area (Å²) in [5.41, 5.74) is -0.739. The highest BCUT2D eigenvalue weighted by Crippen LogP contribution is 2.39. The van der Waals surface area contributed by atoms with Gasteiger partial charge < -0.3 is 9.64 Å². The quantitative estimate of drug-likeness (QED) is 0.740. The average Bonchev–Trinajstić information content (AvgIpc) is 2.54.